The SMILES string of the molecule is CC[C@H]1CO[C@](Cn2cncn2)(c2ccc(Cl)cc2Cl)O1. The van der Waals surface area contributed by atoms with Gasteiger partial charge in [0.2, 0.25) is 5.79 Å². The highest BCUT2D eigenvalue weighted by atomic mass is 35.5. The second kappa shape index (κ2) is 5.93. The number of rotatable bonds is 4. The molecule has 5 nitrogen and oxygen atoms in total. The zero-order valence-electron chi connectivity index (χ0n) is 11.5. The molecule has 0 bridgehead atoms. The van der Waals surface area contributed by atoms with E-state index in [1.165, 1.54) is 6.33 Å². The first-order valence-corrected chi connectivity index (χ1v) is 7.48. The maximum atomic E-state index is 6.34. The first-order valence-electron chi connectivity index (χ1n) is 6.72. The van der Waals surface area contributed by atoms with Crippen molar-refractivity contribution in [2.45, 2.75) is 31.8 Å². The summed E-state index contributed by atoms with van der Waals surface area (Å²) in [5, 5.41) is 5.21. The van der Waals surface area contributed by atoms with E-state index in [4.69, 9.17) is 32.7 Å². The fourth-order valence-corrected chi connectivity index (χ4v) is 2.95. The van der Waals surface area contributed by atoms with Crippen LogP contribution in [0.15, 0.2) is 30.9 Å². The normalized spacial score (nSPS) is 25.4. The molecule has 7 heteroatoms. The van der Waals surface area contributed by atoms with Crippen LogP contribution in [0, 0.1) is 0 Å². The van der Waals surface area contributed by atoms with Gasteiger partial charge in [-0.05, 0) is 18.6 Å². The summed E-state index contributed by atoms with van der Waals surface area (Å²) in [6, 6.07) is 5.30. The number of aromatic nitrogens is 3. The van der Waals surface area contributed by atoms with Crippen molar-refractivity contribution in [3.8, 4) is 0 Å². The Balaban J connectivity index is 1.99. The Kier molecular flexibility index (Phi) is 4.17. The van der Waals surface area contributed by atoms with Crippen molar-refractivity contribution in [2.24, 2.45) is 0 Å². The summed E-state index contributed by atoms with van der Waals surface area (Å²) >= 11 is 12.3. The van der Waals surface area contributed by atoms with Crippen molar-refractivity contribution in [1.82, 2.24) is 14.8 Å². The molecule has 21 heavy (non-hydrogen) atoms. The van der Waals surface area contributed by atoms with E-state index in [-0.39, 0.29) is 6.10 Å². The van der Waals surface area contributed by atoms with E-state index in [0.717, 1.165) is 12.0 Å². The van der Waals surface area contributed by atoms with Crippen LogP contribution in [0.2, 0.25) is 10.0 Å². The average Bonchev–Trinajstić information content (AvgIpc) is 3.09. The highest BCUT2D eigenvalue weighted by Gasteiger charge is 2.44. The van der Waals surface area contributed by atoms with Gasteiger partial charge in [-0.15, -0.1) is 0 Å². The molecule has 0 N–H and O–H groups in total. The smallest absolute Gasteiger partial charge is 0.217 e. The number of benzene rings is 1. The van der Waals surface area contributed by atoms with Crippen LogP contribution in [0.25, 0.3) is 0 Å². The summed E-state index contributed by atoms with van der Waals surface area (Å²) in [4.78, 5) is 3.95. The van der Waals surface area contributed by atoms with Gasteiger partial charge in [-0.3, -0.25) is 0 Å². The molecular formula is C14H15Cl2N3O2. The van der Waals surface area contributed by atoms with Crippen LogP contribution in [0.1, 0.15) is 18.9 Å². The summed E-state index contributed by atoms with van der Waals surface area (Å²) in [6.07, 6.45) is 3.99. The Bertz CT molecular complexity index is 621. The number of ether oxygens (including phenoxy) is 2. The summed E-state index contributed by atoms with van der Waals surface area (Å²) in [6.45, 7) is 2.96. The molecule has 1 fully saturated rings. The van der Waals surface area contributed by atoms with Crippen LogP contribution in [0.5, 0.6) is 0 Å². The highest BCUT2D eigenvalue weighted by Crippen LogP contribution is 2.40. The first kappa shape index (κ1) is 14.8. The minimum atomic E-state index is -0.962. The van der Waals surface area contributed by atoms with Crippen LogP contribution in [-0.2, 0) is 21.8 Å². The minimum absolute atomic E-state index is 0.0280. The Labute approximate surface area is 132 Å². The molecule has 112 valence electrons. The molecule has 0 radical (unpaired) electrons. The summed E-state index contributed by atoms with van der Waals surface area (Å²) in [5.41, 5.74) is 0.750. The van der Waals surface area contributed by atoms with Crippen LogP contribution in [0.3, 0.4) is 0 Å². The van der Waals surface area contributed by atoms with Crippen molar-refractivity contribution in [1.29, 1.82) is 0 Å². The lowest BCUT2D eigenvalue weighted by Gasteiger charge is -2.29. The second-order valence-electron chi connectivity index (χ2n) is 4.93. The molecule has 1 aromatic heterocycles. The van der Waals surface area contributed by atoms with Gasteiger partial charge in [-0.1, -0.05) is 36.2 Å². The Hall–Kier alpha value is -1.14. The van der Waals surface area contributed by atoms with E-state index in [1.54, 1.807) is 23.1 Å². The third-order valence-corrected chi connectivity index (χ3v) is 4.04. The van der Waals surface area contributed by atoms with E-state index in [2.05, 4.69) is 17.0 Å². The maximum Gasteiger partial charge on any atom is 0.217 e. The third-order valence-electron chi connectivity index (χ3n) is 3.49. The monoisotopic (exact) mass is 327 g/mol. The van der Waals surface area contributed by atoms with E-state index in [1.807, 2.05) is 6.07 Å². The standard InChI is InChI=1S/C14H15Cl2N3O2/c1-2-11-6-20-14(21-11,7-19-9-17-8-18-19)12-4-3-10(15)5-13(12)16/h3-5,8-9,11H,2,6-7H2,1H3/t11-,14-/m0/s1. The number of hydrogen-bond donors (Lipinski definition) is 0. The fourth-order valence-electron chi connectivity index (χ4n) is 2.40. The number of hydrogen-bond acceptors (Lipinski definition) is 4. The molecule has 0 unspecified atom stereocenters. The minimum Gasteiger partial charge on any atom is -0.342 e. The van der Waals surface area contributed by atoms with Gasteiger partial charge < -0.3 is 9.47 Å². The molecule has 2 heterocycles. The van der Waals surface area contributed by atoms with Crippen molar-refractivity contribution in [3.05, 3.63) is 46.5 Å². The molecule has 0 amide bonds. The van der Waals surface area contributed by atoms with Crippen molar-refractivity contribution in [2.75, 3.05) is 6.61 Å². The van der Waals surface area contributed by atoms with Gasteiger partial charge in [0.1, 0.15) is 19.2 Å². The highest BCUT2D eigenvalue weighted by molar-refractivity contribution is 6.35. The number of nitrogens with zero attached hydrogens (tertiary/aromatic N) is 3. The molecular weight excluding hydrogens is 313 g/mol. The van der Waals surface area contributed by atoms with Gasteiger partial charge in [0.15, 0.2) is 0 Å². The van der Waals surface area contributed by atoms with E-state index >= 15 is 0 Å². The van der Waals surface area contributed by atoms with Crippen molar-refractivity contribution < 1.29 is 9.47 Å². The average molecular weight is 328 g/mol. The van der Waals surface area contributed by atoms with Crippen LogP contribution in [0.4, 0.5) is 0 Å². The Morgan fingerprint density at radius 3 is 2.90 bits per heavy atom. The van der Waals surface area contributed by atoms with Gasteiger partial charge in [0.25, 0.3) is 0 Å². The van der Waals surface area contributed by atoms with Crippen LogP contribution < -0.4 is 0 Å². The Morgan fingerprint density at radius 2 is 2.29 bits per heavy atom. The maximum absolute atomic E-state index is 6.34. The largest absolute Gasteiger partial charge is 0.342 e. The molecule has 2 atom stereocenters. The van der Waals surface area contributed by atoms with Crippen LogP contribution in [-0.4, -0.2) is 27.5 Å². The quantitative estimate of drug-likeness (QED) is 0.864. The van der Waals surface area contributed by atoms with Crippen LogP contribution >= 0.6 is 23.2 Å². The van der Waals surface area contributed by atoms with Gasteiger partial charge in [-0.25, -0.2) is 9.67 Å². The topological polar surface area (TPSA) is 49.2 Å². The molecule has 1 aromatic carbocycles. The fraction of sp³-hybridized carbons (Fsp3) is 0.429. The zero-order chi connectivity index (χ0) is 14.9. The molecule has 3 rings (SSSR count). The lowest BCUT2D eigenvalue weighted by molar-refractivity contribution is -0.188. The van der Waals surface area contributed by atoms with Gasteiger partial charge in [0.05, 0.1) is 17.7 Å². The molecule has 0 spiro atoms. The third kappa shape index (κ3) is 2.92. The lowest BCUT2D eigenvalue weighted by Crippen LogP contribution is -2.34. The number of halogens is 2. The predicted octanol–water partition coefficient (Wildman–Crippen LogP) is 3.26. The Morgan fingerprint density at radius 1 is 1.43 bits per heavy atom. The van der Waals surface area contributed by atoms with Gasteiger partial charge >= 0.3 is 0 Å². The van der Waals surface area contributed by atoms with E-state index < -0.39 is 5.79 Å². The summed E-state index contributed by atoms with van der Waals surface area (Å²) in [7, 11) is 0. The zero-order valence-corrected chi connectivity index (χ0v) is 13.0. The molecule has 2 aromatic rings. The molecule has 1 aliphatic rings. The lowest BCUT2D eigenvalue weighted by atomic mass is 10.1. The van der Waals surface area contributed by atoms with Crippen molar-refractivity contribution >= 4 is 23.2 Å². The predicted molar refractivity (Wildman–Crippen MR) is 79.3 cm³/mol. The van der Waals surface area contributed by atoms with E-state index in [9.17, 15) is 0 Å². The molecule has 1 saturated heterocycles. The first-order chi connectivity index (χ1) is 10.1. The van der Waals surface area contributed by atoms with E-state index in [0.29, 0.717) is 23.2 Å². The second-order valence-corrected chi connectivity index (χ2v) is 5.77. The van der Waals surface area contributed by atoms with Crippen molar-refractivity contribution in [3.63, 3.8) is 0 Å². The summed E-state index contributed by atoms with van der Waals surface area (Å²) < 4.78 is 13.8. The van der Waals surface area contributed by atoms with Gasteiger partial charge in [-0.2, -0.15) is 5.10 Å². The summed E-state index contributed by atoms with van der Waals surface area (Å²) in [5.74, 6) is -0.962. The molecule has 1 aliphatic heterocycles. The molecule has 0 aliphatic carbocycles. The molecule has 0 saturated carbocycles. The van der Waals surface area contributed by atoms with Gasteiger partial charge in [0, 0.05) is 10.6 Å².